The molecule has 1 fully saturated rings. The molecule has 0 saturated carbocycles. The molecule has 0 N–H and O–H groups in total. The predicted molar refractivity (Wildman–Crippen MR) is 60.4 cm³/mol. The van der Waals surface area contributed by atoms with Crippen LogP contribution in [0.5, 0.6) is 0 Å². The molecule has 5 heteroatoms. The highest BCUT2D eigenvalue weighted by molar-refractivity contribution is 7.91. The summed E-state index contributed by atoms with van der Waals surface area (Å²) in [5.74, 6) is -0.181. The highest BCUT2D eigenvalue weighted by Crippen LogP contribution is 2.30. The van der Waals surface area contributed by atoms with Gasteiger partial charge in [0.1, 0.15) is 0 Å². The fourth-order valence-corrected chi connectivity index (χ4v) is 3.79. The molecule has 1 heterocycles. The van der Waals surface area contributed by atoms with E-state index in [9.17, 15) is 13.2 Å². The van der Waals surface area contributed by atoms with E-state index in [4.69, 9.17) is 0 Å². The van der Waals surface area contributed by atoms with Crippen molar-refractivity contribution in [2.75, 3.05) is 12.8 Å². The van der Waals surface area contributed by atoms with Crippen molar-refractivity contribution in [2.45, 2.75) is 11.8 Å². The summed E-state index contributed by atoms with van der Waals surface area (Å²) in [6.07, 6.45) is 0.0855. The number of rotatable bonds is 1. The minimum absolute atomic E-state index is 0.0598. The number of hydrogen-bond acceptors (Lipinski definition) is 3. The predicted octanol–water partition coefficient (Wildman–Crippen LogP) is 0.962. The van der Waals surface area contributed by atoms with Gasteiger partial charge in [-0.05, 0) is 5.56 Å². The summed E-state index contributed by atoms with van der Waals surface area (Å²) in [6, 6.07) is 8.84. The van der Waals surface area contributed by atoms with E-state index in [1.54, 1.807) is 24.3 Å². The highest BCUT2D eigenvalue weighted by atomic mass is 32.2. The van der Waals surface area contributed by atoms with Gasteiger partial charge in [-0.3, -0.25) is 4.79 Å². The average Bonchev–Trinajstić information content (AvgIpc) is 2.26. The van der Waals surface area contributed by atoms with Gasteiger partial charge in [0.05, 0.1) is 5.75 Å². The van der Waals surface area contributed by atoms with Crippen LogP contribution in [-0.4, -0.2) is 32.0 Å². The van der Waals surface area contributed by atoms with Crippen LogP contribution in [0.3, 0.4) is 0 Å². The zero-order valence-corrected chi connectivity index (χ0v) is 9.78. The van der Waals surface area contributed by atoms with Gasteiger partial charge in [0, 0.05) is 13.5 Å². The third-order valence-electron chi connectivity index (χ3n) is 2.77. The molecule has 0 bridgehead atoms. The van der Waals surface area contributed by atoms with E-state index in [1.807, 2.05) is 6.07 Å². The van der Waals surface area contributed by atoms with E-state index >= 15 is 0 Å². The molecule has 0 radical (unpaired) electrons. The number of sulfone groups is 1. The summed E-state index contributed by atoms with van der Waals surface area (Å²) >= 11 is 0. The van der Waals surface area contributed by atoms with Gasteiger partial charge in [0.2, 0.25) is 5.91 Å². The van der Waals surface area contributed by atoms with E-state index < -0.39 is 15.2 Å². The maximum Gasteiger partial charge on any atom is 0.224 e. The number of carbonyl (C=O) groups excluding carboxylic acids is 1. The van der Waals surface area contributed by atoms with Crippen LogP contribution in [0.2, 0.25) is 0 Å². The Morgan fingerprint density at radius 1 is 1.25 bits per heavy atom. The van der Waals surface area contributed by atoms with Gasteiger partial charge in [-0.25, -0.2) is 8.42 Å². The van der Waals surface area contributed by atoms with Crippen molar-refractivity contribution in [1.82, 2.24) is 4.90 Å². The van der Waals surface area contributed by atoms with Crippen LogP contribution in [0.1, 0.15) is 17.4 Å². The van der Waals surface area contributed by atoms with Crippen LogP contribution in [0.25, 0.3) is 0 Å². The van der Waals surface area contributed by atoms with Crippen LogP contribution in [-0.2, 0) is 14.6 Å². The molecule has 2 rings (SSSR count). The second kappa shape index (κ2) is 3.90. The molecular formula is C11H13NO3S. The lowest BCUT2D eigenvalue weighted by Crippen LogP contribution is -2.42. The van der Waals surface area contributed by atoms with E-state index in [0.717, 1.165) is 0 Å². The molecule has 1 aliphatic rings. The van der Waals surface area contributed by atoms with Crippen molar-refractivity contribution >= 4 is 15.7 Å². The molecule has 0 aliphatic carbocycles. The second-order valence-electron chi connectivity index (χ2n) is 3.88. The Kier molecular flexibility index (Phi) is 2.71. The lowest BCUT2D eigenvalue weighted by Gasteiger charge is -2.32. The molecule has 1 unspecified atom stereocenters. The molecule has 1 aliphatic heterocycles. The summed E-state index contributed by atoms with van der Waals surface area (Å²) in [5.41, 5.74) is 0.651. The SMILES string of the molecule is CN1C(=O)CCS(=O)(=O)C1c1ccccc1. The maximum atomic E-state index is 11.9. The fraction of sp³-hybridized carbons (Fsp3) is 0.364. The van der Waals surface area contributed by atoms with Crippen molar-refractivity contribution in [3.8, 4) is 0 Å². The number of benzene rings is 1. The zero-order chi connectivity index (χ0) is 11.8. The molecule has 86 valence electrons. The monoisotopic (exact) mass is 239 g/mol. The van der Waals surface area contributed by atoms with Crippen molar-refractivity contribution in [1.29, 1.82) is 0 Å². The first-order valence-electron chi connectivity index (χ1n) is 5.04. The second-order valence-corrected chi connectivity index (χ2v) is 6.07. The molecule has 4 nitrogen and oxygen atoms in total. The largest absolute Gasteiger partial charge is 0.325 e. The molecule has 1 saturated heterocycles. The highest BCUT2D eigenvalue weighted by Gasteiger charge is 2.38. The lowest BCUT2D eigenvalue weighted by atomic mass is 10.2. The molecule has 0 spiro atoms. The summed E-state index contributed by atoms with van der Waals surface area (Å²) < 4.78 is 23.9. The smallest absolute Gasteiger partial charge is 0.224 e. The number of carbonyl (C=O) groups is 1. The third-order valence-corrected chi connectivity index (χ3v) is 4.81. The Hall–Kier alpha value is -1.36. The van der Waals surface area contributed by atoms with Gasteiger partial charge in [0.15, 0.2) is 15.2 Å². The first-order chi connectivity index (χ1) is 7.52. The molecule has 16 heavy (non-hydrogen) atoms. The van der Waals surface area contributed by atoms with Crippen LogP contribution in [0, 0.1) is 0 Å². The minimum Gasteiger partial charge on any atom is -0.325 e. The maximum absolute atomic E-state index is 11.9. The van der Waals surface area contributed by atoms with Crippen LogP contribution in [0.4, 0.5) is 0 Å². The van der Waals surface area contributed by atoms with Gasteiger partial charge >= 0.3 is 0 Å². The molecule has 1 atom stereocenters. The van der Waals surface area contributed by atoms with Gasteiger partial charge in [-0.1, -0.05) is 30.3 Å². The summed E-state index contributed by atoms with van der Waals surface area (Å²) in [7, 11) is -1.72. The fourth-order valence-electron chi connectivity index (χ4n) is 1.94. The molecule has 1 aromatic rings. The van der Waals surface area contributed by atoms with Crippen molar-refractivity contribution in [2.24, 2.45) is 0 Å². The summed E-state index contributed by atoms with van der Waals surface area (Å²) in [6.45, 7) is 0. The van der Waals surface area contributed by atoms with Crippen LogP contribution >= 0.6 is 0 Å². The number of hydrogen-bond donors (Lipinski definition) is 0. The van der Waals surface area contributed by atoms with E-state index in [2.05, 4.69) is 0 Å². The topological polar surface area (TPSA) is 54.5 Å². The van der Waals surface area contributed by atoms with Gasteiger partial charge in [0.25, 0.3) is 0 Å². The summed E-state index contributed by atoms with van der Waals surface area (Å²) in [4.78, 5) is 12.8. The van der Waals surface area contributed by atoms with Crippen molar-refractivity contribution < 1.29 is 13.2 Å². The van der Waals surface area contributed by atoms with Gasteiger partial charge in [-0.2, -0.15) is 0 Å². The Morgan fingerprint density at radius 2 is 1.88 bits per heavy atom. The molecule has 0 aromatic heterocycles. The van der Waals surface area contributed by atoms with Crippen molar-refractivity contribution in [3.05, 3.63) is 35.9 Å². The number of nitrogens with zero attached hydrogens (tertiary/aromatic N) is 1. The van der Waals surface area contributed by atoms with Crippen molar-refractivity contribution in [3.63, 3.8) is 0 Å². The van der Waals surface area contributed by atoms with E-state index in [-0.39, 0.29) is 18.1 Å². The van der Waals surface area contributed by atoms with Gasteiger partial charge in [-0.15, -0.1) is 0 Å². The summed E-state index contributed by atoms with van der Waals surface area (Å²) in [5, 5.41) is -0.824. The minimum atomic E-state index is -3.25. The lowest BCUT2D eigenvalue weighted by molar-refractivity contribution is -0.130. The average molecular weight is 239 g/mol. The first kappa shape index (κ1) is 11.1. The van der Waals surface area contributed by atoms with E-state index in [0.29, 0.717) is 5.56 Å². The Balaban J connectivity index is 2.47. The van der Waals surface area contributed by atoms with E-state index in [1.165, 1.54) is 11.9 Å². The van der Waals surface area contributed by atoms with Crippen LogP contribution < -0.4 is 0 Å². The molecule has 1 amide bonds. The van der Waals surface area contributed by atoms with Crippen LogP contribution in [0.15, 0.2) is 30.3 Å². The molecular weight excluding hydrogens is 226 g/mol. The number of amides is 1. The zero-order valence-electron chi connectivity index (χ0n) is 8.96. The molecule has 1 aromatic carbocycles. The third kappa shape index (κ3) is 1.82. The van der Waals surface area contributed by atoms with Gasteiger partial charge < -0.3 is 4.90 Å². The Bertz CT molecular complexity index is 495. The quantitative estimate of drug-likeness (QED) is 0.733. The standard InChI is InChI=1S/C11H13NO3S/c1-12-10(13)7-8-16(14,15)11(12)9-5-3-2-4-6-9/h2-6,11H,7-8H2,1H3. The first-order valence-corrected chi connectivity index (χ1v) is 6.76. The Morgan fingerprint density at radius 3 is 2.50 bits per heavy atom. The Labute approximate surface area is 94.8 Å². The normalized spacial score (nSPS) is 24.4.